The Bertz CT molecular complexity index is 1910. The van der Waals surface area contributed by atoms with Gasteiger partial charge >= 0.3 is 0 Å². The second-order valence-corrected chi connectivity index (χ2v) is 10.8. The van der Waals surface area contributed by atoms with Gasteiger partial charge in [0.05, 0.1) is 29.4 Å². The highest BCUT2D eigenvalue weighted by Crippen LogP contribution is 2.35. The topological polar surface area (TPSA) is 90.3 Å². The summed E-state index contributed by atoms with van der Waals surface area (Å²) in [7, 11) is -2.68. The van der Waals surface area contributed by atoms with Crippen molar-refractivity contribution in [2.75, 3.05) is 11.8 Å². The van der Waals surface area contributed by atoms with Gasteiger partial charge in [0.2, 0.25) is 0 Å². The second kappa shape index (κ2) is 10.1. The number of nitrogens with one attached hydrogen (secondary N) is 1. The molecule has 0 atom stereocenters. The van der Waals surface area contributed by atoms with Crippen molar-refractivity contribution in [3.8, 4) is 22.6 Å². The van der Waals surface area contributed by atoms with E-state index in [0.29, 0.717) is 21.5 Å². The number of aromatic nitrogens is 2. The van der Waals surface area contributed by atoms with E-state index in [1.165, 1.54) is 60.2 Å². The fourth-order valence-corrected chi connectivity index (χ4v) is 5.35. The molecule has 1 N–H and O–H groups in total. The Morgan fingerprint density at radius 1 is 0.974 bits per heavy atom. The van der Waals surface area contributed by atoms with Gasteiger partial charge in [-0.15, -0.1) is 0 Å². The summed E-state index contributed by atoms with van der Waals surface area (Å²) in [6.45, 7) is 1.81. The predicted octanol–water partition coefficient (Wildman–Crippen LogP) is 6.10. The molecule has 0 amide bonds. The van der Waals surface area contributed by atoms with E-state index in [0.717, 1.165) is 17.8 Å². The third kappa shape index (κ3) is 5.08. The van der Waals surface area contributed by atoms with Crippen molar-refractivity contribution in [1.29, 1.82) is 0 Å². The monoisotopic (exact) mass is 567 g/mol. The molecule has 0 saturated carbocycles. The number of hydrogen-bond donors (Lipinski definition) is 1. The fraction of sp³-hybridized carbons (Fsp3) is 0.0714. The van der Waals surface area contributed by atoms with Crippen molar-refractivity contribution < 1.29 is 21.9 Å². The number of hydrogen-bond acceptors (Lipinski definition) is 5. The van der Waals surface area contributed by atoms with Crippen LogP contribution in [0, 0.1) is 18.6 Å². The van der Waals surface area contributed by atoms with Gasteiger partial charge in [0, 0.05) is 28.1 Å². The van der Waals surface area contributed by atoms with Crippen molar-refractivity contribution in [3.05, 3.63) is 112 Å². The number of fused-ring (bicyclic) bond motifs is 1. The summed E-state index contributed by atoms with van der Waals surface area (Å²) in [6.07, 6.45) is 0.892. The van der Waals surface area contributed by atoms with Crippen molar-refractivity contribution in [2.24, 2.45) is 0 Å². The van der Waals surface area contributed by atoms with Crippen molar-refractivity contribution in [1.82, 2.24) is 9.55 Å². The molecule has 0 fully saturated rings. The molecule has 11 heteroatoms. The Balaban J connectivity index is 1.61. The Morgan fingerprint density at radius 2 is 1.77 bits per heavy atom. The Kier molecular flexibility index (Phi) is 6.83. The maximum atomic E-state index is 15.4. The van der Waals surface area contributed by atoms with Gasteiger partial charge < -0.3 is 4.74 Å². The van der Waals surface area contributed by atoms with Crippen LogP contribution in [0.15, 0.2) is 88.7 Å². The van der Waals surface area contributed by atoms with Gasteiger partial charge in [-0.2, -0.15) is 0 Å². The van der Waals surface area contributed by atoms with Gasteiger partial charge in [0.25, 0.3) is 15.6 Å². The van der Waals surface area contributed by atoms with Crippen LogP contribution >= 0.6 is 11.6 Å². The van der Waals surface area contributed by atoms with E-state index in [2.05, 4.69) is 9.71 Å². The third-order valence-corrected chi connectivity index (χ3v) is 7.90. The molecule has 0 saturated heterocycles. The maximum Gasteiger partial charge on any atom is 0.263 e. The summed E-state index contributed by atoms with van der Waals surface area (Å²) in [5.41, 5.74) is 1.62. The number of anilines is 1. The van der Waals surface area contributed by atoms with Gasteiger partial charge in [-0.25, -0.2) is 22.2 Å². The van der Waals surface area contributed by atoms with E-state index in [1.54, 1.807) is 18.2 Å². The smallest absolute Gasteiger partial charge is 0.263 e. The largest absolute Gasteiger partial charge is 0.495 e. The molecule has 2 heterocycles. The lowest BCUT2D eigenvalue weighted by Gasteiger charge is -2.17. The first-order valence-electron chi connectivity index (χ1n) is 11.5. The lowest BCUT2D eigenvalue weighted by atomic mass is 10.0. The summed E-state index contributed by atoms with van der Waals surface area (Å²) < 4.78 is 63.5. The van der Waals surface area contributed by atoms with Crippen LogP contribution in [0.2, 0.25) is 5.02 Å². The first kappa shape index (κ1) is 26.3. The Labute approximate surface area is 227 Å². The number of benzene rings is 3. The highest BCUT2D eigenvalue weighted by atomic mass is 35.5. The van der Waals surface area contributed by atoms with Crippen LogP contribution < -0.4 is 15.0 Å². The quantitative estimate of drug-likeness (QED) is 0.268. The average Bonchev–Trinajstić information content (AvgIpc) is 2.91. The molecule has 0 unspecified atom stereocenters. The van der Waals surface area contributed by atoms with E-state index < -0.39 is 27.2 Å². The number of ether oxygens (including phenoxy) is 1. The molecule has 0 bridgehead atoms. The van der Waals surface area contributed by atoms with Crippen LogP contribution in [-0.4, -0.2) is 25.1 Å². The van der Waals surface area contributed by atoms with E-state index in [4.69, 9.17) is 16.3 Å². The zero-order chi connectivity index (χ0) is 27.9. The molecule has 7 nitrogen and oxygen atoms in total. The molecule has 0 aliphatic rings. The van der Waals surface area contributed by atoms with Gasteiger partial charge in [0.15, 0.2) is 0 Å². The maximum absolute atomic E-state index is 15.4. The van der Waals surface area contributed by atoms with E-state index in [9.17, 15) is 17.6 Å². The molecule has 5 aromatic rings. The van der Waals surface area contributed by atoms with Crippen molar-refractivity contribution in [3.63, 3.8) is 0 Å². The molecule has 0 spiro atoms. The highest BCUT2D eigenvalue weighted by molar-refractivity contribution is 7.92. The zero-order valence-corrected chi connectivity index (χ0v) is 22.1. The molecule has 3 aromatic carbocycles. The van der Waals surface area contributed by atoms with Crippen LogP contribution in [0.5, 0.6) is 5.75 Å². The first-order chi connectivity index (χ1) is 18.6. The molecular weight excluding hydrogens is 548 g/mol. The third-order valence-electron chi connectivity index (χ3n) is 6.12. The average molecular weight is 568 g/mol. The van der Waals surface area contributed by atoms with Crippen LogP contribution in [0.3, 0.4) is 0 Å². The minimum atomic E-state index is -4.08. The van der Waals surface area contributed by atoms with Crippen molar-refractivity contribution >= 4 is 38.3 Å². The number of aryl methyl sites for hydroxylation is 1. The molecule has 5 rings (SSSR count). The van der Waals surface area contributed by atoms with Crippen LogP contribution in [0.25, 0.3) is 27.7 Å². The highest BCUT2D eigenvalue weighted by Gasteiger charge is 2.20. The number of sulfonamides is 1. The normalized spacial score (nSPS) is 11.5. The van der Waals surface area contributed by atoms with Gasteiger partial charge in [0.1, 0.15) is 23.2 Å². The van der Waals surface area contributed by atoms with Gasteiger partial charge in [-0.1, -0.05) is 17.7 Å². The number of nitrogens with zero attached hydrogens (tertiary/aromatic N) is 2. The van der Waals surface area contributed by atoms with Crippen LogP contribution in [0.1, 0.15) is 5.56 Å². The van der Waals surface area contributed by atoms with Gasteiger partial charge in [-0.05, 0) is 72.6 Å². The van der Waals surface area contributed by atoms with Crippen LogP contribution in [0.4, 0.5) is 14.6 Å². The van der Waals surface area contributed by atoms with Crippen LogP contribution in [-0.2, 0) is 10.0 Å². The minimum absolute atomic E-state index is 0.0577. The number of halogens is 3. The summed E-state index contributed by atoms with van der Waals surface area (Å²) >= 11 is 6.12. The molecule has 39 heavy (non-hydrogen) atoms. The second-order valence-electron chi connectivity index (χ2n) is 8.66. The molecule has 0 aliphatic carbocycles. The SMILES string of the molecule is COc1cc(-c2ccc(Cl)c(C)c2)c(F)cc1-n1c(=O)ccc2cc(S(=O)(=O)Nc3ccc(F)cn3)ccc21. The molecular formula is C28H20ClF2N3O4S. The molecule has 0 aliphatic heterocycles. The lowest BCUT2D eigenvalue weighted by Crippen LogP contribution is -2.19. The standard InChI is InChI=1S/C28H20ClF2N3O4S/c1-16-11-17(3-7-22(16)29)21-13-26(38-2)25(14-23(21)31)34-24-8-6-20(12-18(24)4-10-28(34)35)39(36,37)33-27-9-5-19(30)15-32-27/h3-15H,1-2H3,(H,32,33). The van der Waals surface area contributed by atoms with Crippen molar-refractivity contribution in [2.45, 2.75) is 11.8 Å². The summed E-state index contributed by atoms with van der Waals surface area (Å²) in [6, 6.07) is 16.9. The fourth-order valence-electron chi connectivity index (χ4n) is 4.19. The summed E-state index contributed by atoms with van der Waals surface area (Å²) in [5, 5.41) is 0.944. The van der Waals surface area contributed by atoms with E-state index in [1.807, 2.05) is 6.92 Å². The number of methoxy groups -OCH3 is 1. The Morgan fingerprint density at radius 3 is 2.46 bits per heavy atom. The summed E-state index contributed by atoms with van der Waals surface area (Å²) in [4.78, 5) is 16.6. The summed E-state index contributed by atoms with van der Waals surface area (Å²) in [5.74, 6) is -1.02. The Hall–Kier alpha value is -4.28. The van der Waals surface area contributed by atoms with E-state index >= 15 is 4.39 Å². The first-order valence-corrected chi connectivity index (χ1v) is 13.4. The molecule has 198 valence electrons. The molecule has 2 aromatic heterocycles. The zero-order valence-electron chi connectivity index (χ0n) is 20.6. The van der Waals surface area contributed by atoms with E-state index in [-0.39, 0.29) is 27.7 Å². The number of rotatable bonds is 6. The predicted molar refractivity (Wildman–Crippen MR) is 146 cm³/mol. The number of pyridine rings is 2. The minimum Gasteiger partial charge on any atom is -0.495 e. The molecule has 0 radical (unpaired) electrons. The lowest BCUT2D eigenvalue weighted by molar-refractivity contribution is 0.412. The van der Waals surface area contributed by atoms with Gasteiger partial charge in [-0.3, -0.25) is 14.1 Å².